The minimum atomic E-state index is 0. The van der Waals surface area contributed by atoms with E-state index >= 15 is 0 Å². The molecular weight excluding hydrogens is 155 g/mol. The van der Waals surface area contributed by atoms with Gasteiger partial charge < -0.3 is 0 Å². The van der Waals surface area contributed by atoms with Crippen molar-refractivity contribution in [3.05, 3.63) is 13.2 Å². The standard InChI is InChI=1S/C2H4.2Zn/c1-2;;/h1-2H2;;. The smallest absolute Gasteiger partial charge is 0 e. The summed E-state index contributed by atoms with van der Waals surface area (Å²) < 4.78 is 0. The third kappa shape index (κ3) is 12.1. The van der Waals surface area contributed by atoms with E-state index in [-0.39, 0.29) is 39.0 Å². The first kappa shape index (κ1) is 20.1. The normalized spacial score (nSPS) is 1.00. The molecule has 0 aliphatic rings. The monoisotopic (exact) mass is 156 g/mol. The SMILES string of the molecule is C=C.[Zn].[Zn]. The molecule has 0 aromatic heterocycles. The van der Waals surface area contributed by atoms with Crippen molar-refractivity contribution in [2.45, 2.75) is 0 Å². The Morgan fingerprint density at radius 3 is 0.750 bits per heavy atom. The van der Waals surface area contributed by atoms with Crippen LogP contribution in [0.4, 0.5) is 0 Å². The zero-order valence-corrected chi connectivity index (χ0v) is 8.76. The summed E-state index contributed by atoms with van der Waals surface area (Å²) in [5.74, 6) is 0. The molecular formula is C2H4Zn2. The van der Waals surface area contributed by atoms with Gasteiger partial charge in [0.25, 0.3) is 0 Å². The fraction of sp³-hybridized carbons (Fsp3) is 0. The van der Waals surface area contributed by atoms with E-state index in [9.17, 15) is 0 Å². The van der Waals surface area contributed by atoms with Gasteiger partial charge in [0.05, 0.1) is 0 Å². The Kier molecular flexibility index (Phi) is 183. The van der Waals surface area contributed by atoms with Crippen LogP contribution in [-0.2, 0) is 39.0 Å². The van der Waals surface area contributed by atoms with Crippen LogP contribution in [0.25, 0.3) is 0 Å². The van der Waals surface area contributed by atoms with Gasteiger partial charge in [0.1, 0.15) is 0 Å². The number of hydrogen-bond donors (Lipinski definition) is 0. The predicted molar refractivity (Wildman–Crippen MR) is 11.3 cm³/mol. The van der Waals surface area contributed by atoms with Gasteiger partial charge in [0, 0.05) is 39.0 Å². The minimum Gasteiger partial charge on any atom is -0.106 e. The van der Waals surface area contributed by atoms with Crippen LogP contribution >= 0.6 is 0 Å². The van der Waals surface area contributed by atoms with Crippen molar-refractivity contribution >= 4 is 0 Å². The summed E-state index contributed by atoms with van der Waals surface area (Å²) in [5.41, 5.74) is 0. The Labute approximate surface area is 52.2 Å². The van der Waals surface area contributed by atoms with Crippen molar-refractivity contribution in [2.75, 3.05) is 0 Å². The van der Waals surface area contributed by atoms with E-state index in [1.807, 2.05) is 0 Å². The van der Waals surface area contributed by atoms with Gasteiger partial charge in [0.2, 0.25) is 0 Å². The Morgan fingerprint density at radius 2 is 0.750 bits per heavy atom. The second-order valence-electron chi connectivity index (χ2n) is 0. The third-order valence-corrected chi connectivity index (χ3v) is 0. The molecule has 0 fully saturated rings. The Morgan fingerprint density at radius 1 is 0.750 bits per heavy atom. The second kappa shape index (κ2) is 36.5. The van der Waals surface area contributed by atoms with Gasteiger partial charge >= 0.3 is 0 Å². The van der Waals surface area contributed by atoms with E-state index in [1.165, 1.54) is 0 Å². The van der Waals surface area contributed by atoms with E-state index in [1.54, 1.807) is 0 Å². The summed E-state index contributed by atoms with van der Waals surface area (Å²) in [6, 6.07) is 0. The topological polar surface area (TPSA) is 0 Å². The molecule has 0 saturated carbocycles. The number of rotatable bonds is 0. The largest absolute Gasteiger partial charge is 0.106 e. The molecule has 0 aromatic carbocycles. The molecule has 0 spiro atoms. The van der Waals surface area contributed by atoms with Gasteiger partial charge in [-0.15, -0.1) is 13.2 Å². The number of hydrogen-bond acceptors (Lipinski definition) is 0. The zero-order chi connectivity index (χ0) is 2.00. The molecule has 0 rings (SSSR count). The predicted octanol–water partition coefficient (Wildman–Crippen LogP) is 0.797. The molecule has 0 aliphatic carbocycles. The summed E-state index contributed by atoms with van der Waals surface area (Å²) in [5, 5.41) is 0. The average molecular weight is 159 g/mol. The molecule has 0 aromatic rings. The van der Waals surface area contributed by atoms with Gasteiger partial charge in [-0.05, 0) is 0 Å². The first-order valence-corrected chi connectivity index (χ1v) is 0.500. The Hall–Kier alpha value is 0.987. The van der Waals surface area contributed by atoms with E-state index in [0.29, 0.717) is 0 Å². The fourth-order valence-electron chi connectivity index (χ4n) is 0. The molecule has 0 saturated heterocycles. The van der Waals surface area contributed by atoms with Gasteiger partial charge in [-0.25, -0.2) is 0 Å². The van der Waals surface area contributed by atoms with Crippen LogP contribution in [0.1, 0.15) is 0 Å². The minimum absolute atomic E-state index is 0. The van der Waals surface area contributed by atoms with Crippen molar-refractivity contribution in [2.24, 2.45) is 0 Å². The summed E-state index contributed by atoms with van der Waals surface area (Å²) in [6.45, 7) is 6.00. The van der Waals surface area contributed by atoms with Crippen LogP contribution in [0.15, 0.2) is 13.2 Å². The molecule has 0 amide bonds. The third-order valence-electron chi connectivity index (χ3n) is 0. The van der Waals surface area contributed by atoms with E-state index in [4.69, 9.17) is 0 Å². The average Bonchev–Trinajstić information content (AvgIpc) is 1.00. The second-order valence-corrected chi connectivity index (χ2v) is 0. The van der Waals surface area contributed by atoms with Gasteiger partial charge in [-0.1, -0.05) is 0 Å². The van der Waals surface area contributed by atoms with Crippen LogP contribution in [0.5, 0.6) is 0 Å². The fourth-order valence-corrected chi connectivity index (χ4v) is 0. The zero-order valence-electron chi connectivity index (χ0n) is 2.83. The van der Waals surface area contributed by atoms with Gasteiger partial charge in [-0.3, -0.25) is 0 Å². The molecule has 0 N–H and O–H groups in total. The molecule has 16 valence electrons. The van der Waals surface area contributed by atoms with Crippen molar-refractivity contribution in [3.63, 3.8) is 0 Å². The molecule has 0 nitrogen and oxygen atoms in total. The molecule has 0 atom stereocenters. The summed E-state index contributed by atoms with van der Waals surface area (Å²) >= 11 is 0. The van der Waals surface area contributed by atoms with Crippen LogP contribution in [0.3, 0.4) is 0 Å². The molecule has 0 unspecified atom stereocenters. The molecule has 2 heteroatoms. The first-order valence-electron chi connectivity index (χ1n) is 0.500. The van der Waals surface area contributed by atoms with Crippen molar-refractivity contribution in [1.29, 1.82) is 0 Å². The maximum Gasteiger partial charge on any atom is 0 e. The molecule has 0 radical (unpaired) electrons. The first-order chi connectivity index (χ1) is 1.00. The summed E-state index contributed by atoms with van der Waals surface area (Å²) in [4.78, 5) is 0. The van der Waals surface area contributed by atoms with Gasteiger partial charge in [-0.2, -0.15) is 0 Å². The van der Waals surface area contributed by atoms with Crippen molar-refractivity contribution < 1.29 is 39.0 Å². The molecule has 4 heavy (non-hydrogen) atoms. The van der Waals surface area contributed by atoms with Crippen LogP contribution in [-0.4, -0.2) is 0 Å². The maximum atomic E-state index is 3.00. The molecule has 0 heterocycles. The van der Waals surface area contributed by atoms with Crippen molar-refractivity contribution in [3.8, 4) is 0 Å². The van der Waals surface area contributed by atoms with Crippen molar-refractivity contribution in [1.82, 2.24) is 0 Å². The molecule has 0 bridgehead atoms. The van der Waals surface area contributed by atoms with E-state index in [0.717, 1.165) is 0 Å². The van der Waals surface area contributed by atoms with Gasteiger partial charge in [0.15, 0.2) is 0 Å². The molecule has 0 aliphatic heterocycles. The van der Waals surface area contributed by atoms with Crippen LogP contribution < -0.4 is 0 Å². The van der Waals surface area contributed by atoms with E-state index < -0.39 is 0 Å². The summed E-state index contributed by atoms with van der Waals surface area (Å²) in [7, 11) is 0. The Balaban J connectivity index is -0.00000000500. The summed E-state index contributed by atoms with van der Waals surface area (Å²) in [6.07, 6.45) is 0. The quantitative estimate of drug-likeness (QED) is 0.362. The van der Waals surface area contributed by atoms with Crippen LogP contribution in [0, 0.1) is 0 Å². The van der Waals surface area contributed by atoms with E-state index in [2.05, 4.69) is 13.2 Å². The maximum absolute atomic E-state index is 3.00. The Bertz CT molecular complexity index is 4.00. The van der Waals surface area contributed by atoms with Crippen LogP contribution in [0.2, 0.25) is 0 Å².